The van der Waals surface area contributed by atoms with Crippen LogP contribution in [0.15, 0.2) is 18.2 Å². The van der Waals surface area contributed by atoms with Crippen molar-refractivity contribution in [1.29, 1.82) is 0 Å². The van der Waals surface area contributed by atoms with Gasteiger partial charge in [0.1, 0.15) is 5.75 Å². The van der Waals surface area contributed by atoms with Gasteiger partial charge in [-0.05, 0) is 12.1 Å². The second kappa shape index (κ2) is 4.39. The molecule has 1 radical (unpaired) electrons. The quantitative estimate of drug-likeness (QED) is 0.784. The molecule has 1 fully saturated rings. The van der Waals surface area contributed by atoms with Crippen molar-refractivity contribution >= 4 is 23.2 Å². The number of benzene rings is 1. The van der Waals surface area contributed by atoms with Crippen molar-refractivity contribution in [3.63, 3.8) is 0 Å². The highest BCUT2D eigenvalue weighted by molar-refractivity contribution is 6.42. The van der Waals surface area contributed by atoms with E-state index in [1.54, 1.807) is 12.1 Å². The molecule has 2 nitrogen and oxygen atoms in total. The summed E-state index contributed by atoms with van der Waals surface area (Å²) < 4.78 is 5.54. The van der Waals surface area contributed by atoms with Crippen LogP contribution in [0.25, 0.3) is 0 Å². The average molecular weight is 231 g/mol. The maximum Gasteiger partial charge on any atom is 0.120 e. The normalized spacial score (nSPS) is 16.4. The van der Waals surface area contributed by atoms with E-state index in [4.69, 9.17) is 27.9 Å². The third kappa shape index (κ3) is 2.32. The molecule has 2 rings (SSSR count). The first-order chi connectivity index (χ1) is 6.75. The molecule has 0 N–H and O–H groups in total. The molecule has 0 atom stereocenters. The molecular formula is C10H10Cl2NO. The summed E-state index contributed by atoms with van der Waals surface area (Å²) in [7, 11) is 0. The Morgan fingerprint density at radius 3 is 2.64 bits per heavy atom. The van der Waals surface area contributed by atoms with Crippen molar-refractivity contribution in [1.82, 2.24) is 5.32 Å². The molecule has 0 aromatic heterocycles. The molecule has 1 aliphatic heterocycles. The van der Waals surface area contributed by atoms with Crippen LogP contribution in [-0.2, 0) is 0 Å². The van der Waals surface area contributed by atoms with Crippen molar-refractivity contribution in [2.75, 3.05) is 19.7 Å². The van der Waals surface area contributed by atoms with Crippen molar-refractivity contribution in [2.45, 2.75) is 0 Å². The maximum absolute atomic E-state index is 5.85. The van der Waals surface area contributed by atoms with E-state index in [0.29, 0.717) is 22.6 Å². The van der Waals surface area contributed by atoms with Gasteiger partial charge in [-0.3, -0.25) is 0 Å². The van der Waals surface area contributed by atoms with Crippen LogP contribution >= 0.6 is 23.2 Å². The number of hydrogen-bond acceptors (Lipinski definition) is 1. The summed E-state index contributed by atoms with van der Waals surface area (Å²) in [5.41, 5.74) is 0. The molecule has 0 saturated carbocycles. The second-order valence-electron chi connectivity index (χ2n) is 3.34. The van der Waals surface area contributed by atoms with Gasteiger partial charge in [0.25, 0.3) is 0 Å². The number of nitrogens with zero attached hydrogens (tertiary/aromatic N) is 1. The lowest BCUT2D eigenvalue weighted by molar-refractivity contribution is 0.196. The first-order valence-corrected chi connectivity index (χ1v) is 5.22. The third-order valence-corrected chi connectivity index (χ3v) is 2.89. The van der Waals surface area contributed by atoms with Gasteiger partial charge < -0.3 is 4.74 Å². The molecular weight excluding hydrogens is 221 g/mol. The van der Waals surface area contributed by atoms with E-state index in [1.807, 2.05) is 6.07 Å². The van der Waals surface area contributed by atoms with Gasteiger partial charge in [-0.1, -0.05) is 23.2 Å². The SMILES string of the molecule is Clc1ccc(OCC2C[N]C2)cc1Cl. The predicted molar refractivity (Wildman–Crippen MR) is 57.3 cm³/mol. The molecule has 0 spiro atoms. The fourth-order valence-electron chi connectivity index (χ4n) is 1.20. The van der Waals surface area contributed by atoms with Crippen molar-refractivity contribution < 1.29 is 4.74 Å². The number of halogens is 2. The van der Waals surface area contributed by atoms with Crippen molar-refractivity contribution in [3.8, 4) is 5.75 Å². The Bertz CT molecular complexity index is 326. The molecule has 0 amide bonds. The van der Waals surface area contributed by atoms with Gasteiger partial charge in [0.2, 0.25) is 0 Å². The highest BCUT2D eigenvalue weighted by Gasteiger charge is 2.18. The zero-order valence-electron chi connectivity index (χ0n) is 7.54. The lowest BCUT2D eigenvalue weighted by Gasteiger charge is -2.24. The first kappa shape index (κ1) is 10.1. The Hall–Kier alpha value is -0.440. The van der Waals surface area contributed by atoms with Crippen molar-refractivity contribution in [2.24, 2.45) is 5.92 Å². The summed E-state index contributed by atoms with van der Waals surface area (Å²) in [5.74, 6) is 1.34. The molecule has 1 aromatic carbocycles. The van der Waals surface area contributed by atoms with Crippen LogP contribution in [0.2, 0.25) is 10.0 Å². The van der Waals surface area contributed by atoms with E-state index in [0.717, 1.165) is 18.8 Å². The maximum atomic E-state index is 5.85. The summed E-state index contributed by atoms with van der Waals surface area (Å²) in [5, 5.41) is 5.20. The van der Waals surface area contributed by atoms with Gasteiger partial charge in [-0.2, -0.15) is 0 Å². The van der Waals surface area contributed by atoms with Crippen molar-refractivity contribution in [3.05, 3.63) is 28.2 Å². The van der Waals surface area contributed by atoms with Gasteiger partial charge in [-0.25, -0.2) is 5.32 Å². The van der Waals surface area contributed by atoms with E-state index >= 15 is 0 Å². The Morgan fingerprint density at radius 1 is 1.29 bits per heavy atom. The van der Waals surface area contributed by atoms with Crippen LogP contribution in [0, 0.1) is 5.92 Å². The van der Waals surface area contributed by atoms with E-state index in [-0.39, 0.29) is 0 Å². The Morgan fingerprint density at radius 2 is 2.07 bits per heavy atom. The van der Waals surface area contributed by atoms with Gasteiger partial charge in [0.15, 0.2) is 0 Å². The number of hydrogen-bond donors (Lipinski definition) is 0. The second-order valence-corrected chi connectivity index (χ2v) is 4.16. The first-order valence-electron chi connectivity index (χ1n) is 4.47. The Kier molecular flexibility index (Phi) is 3.16. The highest BCUT2D eigenvalue weighted by Crippen LogP contribution is 2.26. The van der Waals surface area contributed by atoms with Gasteiger partial charge in [0, 0.05) is 25.1 Å². The summed E-state index contributed by atoms with van der Waals surface area (Å²) in [4.78, 5) is 0. The van der Waals surface area contributed by atoms with Crippen LogP contribution in [0.1, 0.15) is 0 Å². The molecule has 0 bridgehead atoms. The molecule has 75 valence electrons. The summed E-state index contributed by atoms with van der Waals surface area (Å²) in [6, 6.07) is 5.30. The van der Waals surface area contributed by atoms with E-state index in [9.17, 15) is 0 Å². The predicted octanol–water partition coefficient (Wildman–Crippen LogP) is 2.61. The lowest BCUT2D eigenvalue weighted by Crippen LogP contribution is -2.39. The fourth-order valence-corrected chi connectivity index (χ4v) is 1.49. The highest BCUT2D eigenvalue weighted by atomic mass is 35.5. The Labute approximate surface area is 93.2 Å². The monoisotopic (exact) mass is 230 g/mol. The summed E-state index contributed by atoms with van der Waals surface area (Å²) >= 11 is 11.6. The van der Waals surface area contributed by atoms with E-state index in [2.05, 4.69) is 5.32 Å². The zero-order valence-corrected chi connectivity index (χ0v) is 9.05. The average Bonchev–Trinajstić information content (AvgIpc) is 2.08. The van der Waals surface area contributed by atoms with Gasteiger partial charge in [0.05, 0.1) is 16.7 Å². The van der Waals surface area contributed by atoms with Crippen LogP contribution in [-0.4, -0.2) is 19.7 Å². The number of ether oxygens (including phenoxy) is 1. The molecule has 0 unspecified atom stereocenters. The molecule has 14 heavy (non-hydrogen) atoms. The topological polar surface area (TPSA) is 23.3 Å². The smallest absolute Gasteiger partial charge is 0.120 e. The zero-order chi connectivity index (χ0) is 9.97. The fraction of sp³-hybridized carbons (Fsp3) is 0.400. The molecule has 1 heterocycles. The molecule has 0 aliphatic carbocycles. The van der Waals surface area contributed by atoms with Gasteiger partial charge >= 0.3 is 0 Å². The molecule has 1 aromatic rings. The van der Waals surface area contributed by atoms with Gasteiger partial charge in [-0.15, -0.1) is 0 Å². The Balaban J connectivity index is 1.91. The summed E-state index contributed by atoms with van der Waals surface area (Å²) in [6.07, 6.45) is 0. The standard InChI is InChI=1S/C10H10Cl2NO/c11-9-2-1-8(3-10(9)12)14-6-7-4-13-5-7/h1-3,7H,4-6H2. The minimum Gasteiger partial charge on any atom is -0.493 e. The van der Waals surface area contributed by atoms with Crippen LogP contribution in [0.4, 0.5) is 0 Å². The molecule has 1 aliphatic rings. The largest absolute Gasteiger partial charge is 0.493 e. The molecule has 1 saturated heterocycles. The lowest BCUT2D eigenvalue weighted by atomic mass is 10.1. The number of rotatable bonds is 3. The van der Waals surface area contributed by atoms with Crippen LogP contribution < -0.4 is 10.1 Å². The van der Waals surface area contributed by atoms with E-state index in [1.165, 1.54) is 0 Å². The molecule has 4 heteroatoms. The van der Waals surface area contributed by atoms with E-state index < -0.39 is 0 Å². The van der Waals surface area contributed by atoms with Crippen LogP contribution in [0.5, 0.6) is 5.75 Å². The minimum atomic E-state index is 0.530. The third-order valence-electron chi connectivity index (χ3n) is 2.15. The summed E-state index contributed by atoms with van der Waals surface area (Å²) in [6.45, 7) is 2.55. The van der Waals surface area contributed by atoms with Crippen LogP contribution in [0.3, 0.4) is 0 Å². The minimum absolute atomic E-state index is 0.530.